The van der Waals surface area contributed by atoms with E-state index in [4.69, 9.17) is 8.85 Å². The Bertz CT molecular complexity index is 265. The lowest BCUT2D eigenvalue weighted by Gasteiger charge is -2.52. The van der Waals surface area contributed by atoms with Gasteiger partial charge in [-0.2, -0.15) is 0 Å². The first-order chi connectivity index (χ1) is 8.33. The van der Waals surface area contributed by atoms with Gasteiger partial charge in [-0.25, -0.2) is 0 Å². The molecule has 1 atom stereocenters. The number of hydrogen-bond donors (Lipinski definition) is 0. The van der Waals surface area contributed by atoms with Crippen LogP contribution in [-0.4, -0.2) is 40.1 Å². The van der Waals surface area contributed by atoms with Gasteiger partial charge in [-0.1, -0.05) is 41.0 Å². The molecule has 0 aromatic rings. The summed E-state index contributed by atoms with van der Waals surface area (Å²) in [5, 5.41) is 0.0715. The third kappa shape index (κ3) is 2.53. The van der Waals surface area contributed by atoms with E-state index >= 15 is 0 Å². The van der Waals surface area contributed by atoms with E-state index in [0.717, 1.165) is 6.54 Å². The van der Waals surface area contributed by atoms with Gasteiger partial charge in [0.25, 0.3) is 0 Å². The number of piperidine rings is 1. The van der Waals surface area contributed by atoms with Crippen molar-refractivity contribution in [3.8, 4) is 0 Å². The zero-order valence-electron chi connectivity index (χ0n) is 13.2. The molecule has 0 aromatic carbocycles. The Kier molecular flexibility index (Phi) is 5.41. The summed E-state index contributed by atoms with van der Waals surface area (Å²) in [4.78, 5) is 0. The molecule has 0 amide bonds. The van der Waals surface area contributed by atoms with Crippen molar-refractivity contribution in [1.82, 2.24) is 4.57 Å². The van der Waals surface area contributed by atoms with E-state index in [1.165, 1.54) is 19.3 Å². The molecule has 0 spiro atoms. The predicted octanol–water partition coefficient (Wildman–Crippen LogP) is 3.53. The molecule has 1 fully saturated rings. The van der Waals surface area contributed by atoms with Crippen LogP contribution in [0.4, 0.5) is 0 Å². The molecule has 4 heteroatoms. The minimum atomic E-state index is -2.36. The van der Waals surface area contributed by atoms with E-state index in [2.05, 4.69) is 39.2 Å². The quantitative estimate of drug-likeness (QED) is 0.715. The molecular formula is C14H31NO2Si. The van der Waals surface area contributed by atoms with Gasteiger partial charge in [0.2, 0.25) is 0 Å². The first-order valence-electron chi connectivity index (χ1n) is 7.20. The third-order valence-corrected chi connectivity index (χ3v) is 9.73. The van der Waals surface area contributed by atoms with Gasteiger partial charge in [0.05, 0.1) is 0 Å². The van der Waals surface area contributed by atoms with Crippen molar-refractivity contribution in [3.05, 3.63) is 0 Å². The highest BCUT2D eigenvalue weighted by Gasteiger charge is 2.59. The summed E-state index contributed by atoms with van der Waals surface area (Å²) in [5.41, 5.74) is 0. The van der Waals surface area contributed by atoms with Crippen molar-refractivity contribution < 1.29 is 8.85 Å². The standard InChI is InChI=1S/C14H31NO2Si/c1-12(2)14(4,5)18(16-6,17-7)15-11-9-8-10-13(15)3/h12-13H,8-11H2,1-7H3. The van der Waals surface area contributed by atoms with Crippen LogP contribution in [0.2, 0.25) is 5.04 Å². The van der Waals surface area contributed by atoms with Crippen molar-refractivity contribution in [2.24, 2.45) is 5.92 Å². The van der Waals surface area contributed by atoms with Crippen LogP contribution in [0, 0.1) is 5.92 Å². The van der Waals surface area contributed by atoms with Gasteiger partial charge in [0, 0.05) is 25.3 Å². The molecule has 0 saturated carbocycles. The second kappa shape index (κ2) is 6.03. The minimum Gasteiger partial charge on any atom is -0.386 e. The minimum absolute atomic E-state index is 0.0715. The Hall–Kier alpha value is 0.0969. The molecule has 1 aliphatic heterocycles. The van der Waals surface area contributed by atoms with Crippen LogP contribution in [-0.2, 0) is 8.85 Å². The van der Waals surface area contributed by atoms with Crippen molar-refractivity contribution in [1.29, 1.82) is 0 Å². The van der Waals surface area contributed by atoms with Gasteiger partial charge in [0.1, 0.15) is 0 Å². The molecule has 108 valence electrons. The molecule has 1 saturated heterocycles. The fourth-order valence-corrected chi connectivity index (χ4v) is 7.43. The van der Waals surface area contributed by atoms with Gasteiger partial charge < -0.3 is 8.85 Å². The third-order valence-electron chi connectivity index (χ3n) is 4.99. The van der Waals surface area contributed by atoms with Gasteiger partial charge in [-0.3, -0.25) is 4.57 Å². The maximum Gasteiger partial charge on any atom is 0.433 e. The molecule has 0 radical (unpaired) electrons. The molecule has 1 unspecified atom stereocenters. The van der Waals surface area contributed by atoms with E-state index in [-0.39, 0.29) is 5.04 Å². The van der Waals surface area contributed by atoms with Crippen LogP contribution in [0.1, 0.15) is 53.9 Å². The normalized spacial score (nSPS) is 23.7. The monoisotopic (exact) mass is 273 g/mol. The van der Waals surface area contributed by atoms with E-state index in [0.29, 0.717) is 12.0 Å². The summed E-state index contributed by atoms with van der Waals surface area (Å²) >= 11 is 0. The Morgan fingerprint density at radius 1 is 1.17 bits per heavy atom. The second-order valence-corrected chi connectivity index (χ2v) is 10.2. The average molecular weight is 273 g/mol. The van der Waals surface area contributed by atoms with Crippen molar-refractivity contribution in [2.75, 3.05) is 20.8 Å². The van der Waals surface area contributed by atoms with Crippen molar-refractivity contribution >= 4 is 8.72 Å². The Morgan fingerprint density at radius 3 is 2.11 bits per heavy atom. The maximum absolute atomic E-state index is 6.07. The van der Waals surface area contributed by atoms with Crippen LogP contribution in [0.5, 0.6) is 0 Å². The van der Waals surface area contributed by atoms with Crippen LogP contribution in [0.15, 0.2) is 0 Å². The van der Waals surface area contributed by atoms with Crippen LogP contribution in [0.25, 0.3) is 0 Å². The molecule has 1 rings (SSSR count). The number of nitrogens with zero attached hydrogens (tertiary/aromatic N) is 1. The summed E-state index contributed by atoms with van der Waals surface area (Å²) in [5.74, 6) is 0.540. The predicted molar refractivity (Wildman–Crippen MR) is 78.7 cm³/mol. The highest BCUT2D eigenvalue weighted by atomic mass is 28.4. The lowest BCUT2D eigenvalue weighted by molar-refractivity contribution is 0.0880. The maximum atomic E-state index is 6.07. The molecule has 1 aliphatic rings. The zero-order valence-corrected chi connectivity index (χ0v) is 14.2. The van der Waals surface area contributed by atoms with Gasteiger partial charge in [0.15, 0.2) is 0 Å². The zero-order chi connectivity index (χ0) is 14.0. The summed E-state index contributed by atoms with van der Waals surface area (Å²) < 4.78 is 14.7. The van der Waals surface area contributed by atoms with Gasteiger partial charge in [-0.15, -0.1) is 0 Å². The summed E-state index contributed by atoms with van der Waals surface area (Å²) in [7, 11) is 1.31. The SMILES string of the molecule is CO[Si](OC)(N1CCCCC1C)C(C)(C)C(C)C. The van der Waals surface area contributed by atoms with E-state index < -0.39 is 8.72 Å². The smallest absolute Gasteiger partial charge is 0.386 e. The average Bonchev–Trinajstić information content (AvgIpc) is 2.33. The Labute approximate surface area is 114 Å². The summed E-state index contributed by atoms with van der Waals surface area (Å²) in [6.07, 6.45) is 3.85. The molecule has 0 N–H and O–H groups in total. The molecule has 0 aromatic heterocycles. The van der Waals surface area contributed by atoms with Gasteiger partial charge in [-0.05, 0) is 25.3 Å². The Balaban J connectivity index is 3.13. The van der Waals surface area contributed by atoms with Crippen molar-refractivity contribution in [3.63, 3.8) is 0 Å². The Morgan fingerprint density at radius 2 is 1.72 bits per heavy atom. The molecule has 18 heavy (non-hydrogen) atoms. The molecular weight excluding hydrogens is 242 g/mol. The van der Waals surface area contributed by atoms with Crippen LogP contribution < -0.4 is 0 Å². The van der Waals surface area contributed by atoms with Crippen LogP contribution in [0.3, 0.4) is 0 Å². The summed E-state index contributed by atoms with van der Waals surface area (Å²) in [6, 6.07) is 0.573. The first kappa shape index (κ1) is 16.2. The molecule has 0 bridgehead atoms. The largest absolute Gasteiger partial charge is 0.433 e. The molecule has 3 nitrogen and oxygen atoms in total. The molecule has 0 aliphatic carbocycles. The lowest BCUT2D eigenvalue weighted by atomic mass is 9.99. The van der Waals surface area contributed by atoms with E-state index in [1.807, 2.05) is 14.2 Å². The lowest BCUT2D eigenvalue weighted by Crippen LogP contribution is -2.68. The number of rotatable bonds is 5. The van der Waals surface area contributed by atoms with Crippen LogP contribution >= 0.6 is 0 Å². The molecule has 1 heterocycles. The summed E-state index contributed by atoms with van der Waals surface area (Å²) in [6.45, 7) is 12.6. The first-order valence-corrected chi connectivity index (χ1v) is 8.97. The fourth-order valence-electron chi connectivity index (χ4n) is 3.11. The second-order valence-electron chi connectivity index (χ2n) is 6.40. The van der Waals surface area contributed by atoms with E-state index in [9.17, 15) is 0 Å². The highest BCUT2D eigenvalue weighted by Crippen LogP contribution is 2.47. The topological polar surface area (TPSA) is 21.7 Å². The van der Waals surface area contributed by atoms with Gasteiger partial charge >= 0.3 is 8.72 Å². The number of hydrogen-bond acceptors (Lipinski definition) is 3. The van der Waals surface area contributed by atoms with Crippen molar-refractivity contribution in [2.45, 2.75) is 65.0 Å². The van der Waals surface area contributed by atoms with E-state index in [1.54, 1.807) is 0 Å². The fraction of sp³-hybridized carbons (Fsp3) is 1.00. The highest BCUT2D eigenvalue weighted by molar-refractivity contribution is 6.67.